The number of carbonyl (C=O) groups is 1. The summed E-state index contributed by atoms with van der Waals surface area (Å²) >= 11 is 0. The summed E-state index contributed by atoms with van der Waals surface area (Å²) in [6, 6.07) is 18.5. The fraction of sp³-hybridized carbons (Fsp3) is 0.182. The van der Waals surface area contributed by atoms with E-state index in [4.69, 9.17) is 4.74 Å². The number of aromatic nitrogens is 1. The van der Waals surface area contributed by atoms with Crippen LogP contribution in [0.2, 0.25) is 0 Å². The van der Waals surface area contributed by atoms with Crippen LogP contribution in [0, 0.1) is 0 Å². The monoisotopic (exact) mass is 425 g/mol. The quantitative estimate of drug-likeness (QED) is 0.598. The van der Waals surface area contributed by atoms with Gasteiger partial charge in [-0.05, 0) is 55.0 Å². The number of nitrogens with one attached hydrogen (secondary N) is 1. The van der Waals surface area contributed by atoms with Gasteiger partial charge in [0.1, 0.15) is 17.5 Å². The Hall–Kier alpha value is -3.39. The van der Waals surface area contributed by atoms with Crippen LogP contribution in [-0.4, -0.2) is 31.6 Å². The molecule has 1 unspecified atom stereocenters. The van der Waals surface area contributed by atoms with Crippen LogP contribution in [0.4, 0.5) is 5.69 Å². The molecule has 3 rings (SSSR count). The Morgan fingerprint density at radius 3 is 2.30 bits per heavy atom. The number of pyridine rings is 1. The Balaban J connectivity index is 1.74. The Labute approximate surface area is 176 Å². The molecule has 0 aliphatic heterocycles. The van der Waals surface area contributed by atoms with Gasteiger partial charge in [-0.3, -0.25) is 14.1 Å². The highest BCUT2D eigenvalue weighted by Crippen LogP contribution is 2.26. The molecule has 0 saturated carbocycles. The second-order valence-corrected chi connectivity index (χ2v) is 8.58. The van der Waals surface area contributed by atoms with Crippen LogP contribution >= 0.6 is 0 Å². The van der Waals surface area contributed by atoms with Gasteiger partial charge < -0.3 is 10.1 Å². The van der Waals surface area contributed by atoms with Crippen molar-refractivity contribution in [2.24, 2.45) is 0 Å². The topological polar surface area (TPSA) is 88.6 Å². The standard InChI is InChI=1S/C22H23N3O4S/c1-17(22(26)24-16-18-7-6-14-23-15-18)25(30(2,27)28)19-10-12-21(13-11-19)29-20-8-4-3-5-9-20/h3-15,17H,16H2,1-2H3,(H,24,26). The van der Waals surface area contributed by atoms with Gasteiger partial charge in [-0.2, -0.15) is 0 Å². The average molecular weight is 426 g/mol. The SMILES string of the molecule is CC(C(=O)NCc1cccnc1)N(c1ccc(Oc2ccccc2)cc1)S(C)(=O)=O. The first-order chi connectivity index (χ1) is 14.3. The normalized spacial score (nSPS) is 12.1. The predicted octanol–water partition coefficient (Wildman–Crippen LogP) is 3.34. The fourth-order valence-electron chi connectivity index (χ4n) is 2.93. The van der Waals surface area contributed by atoms with E-state index in [-0.39, 0.29) is 6.54 Å². The average Bonchev–Trinajstić information content (AvgIpc) is 2.74. The summed E-state index contributed by atoms with van der Waals surface area (Å²) in [5, 5.41) is 2.76. The molecule has 1 atom stereocenters. The van der Waals surface area contributed by atoms with Gasteiger partial charge in [0.25, 0.3) is 0 Å². The van der Waals surface area contributed by atoms with Crippen molar-refractivity contribution in [3.63, 3.8) is 0 Å². The maximum Gasteiger partial charge on any atom is 0.243 e. The molecule has 1 amide bonds. The maximum absolute atomic E-state index is 12.6. The second-order valence-electron chi connectivity index (χ2n) is 6.72. The van der Waals surface area contributed by atoms with Crippen molar-refractivity contribution in [3.05, 3.63) is 84.7 Å². The minimum atomic E-state index is -3.70. The van der Waals surface area contributed by atoms with Crippen LogP contribution in [0.5, 0.6) is 11.5 Å². The molecule has 3 aromatic rings. The van der Waals surface area contributed by atoms with Crippen LogP contribution in [0.15, 0.2) is 79.1 Å². The first-order valence-corrected chi connectivity index (χ1v) is 11.2. The Bertz CT molecular complexity index is 1070. The van der Waals surface area contributed by atoms with Crippen molar-refractivity contribution >= 4 is 21.6 Å². The number of amides is 1. The third-order valence-electron chi connectivity index (χ3n) is 4.35. The third-order valence-corrected chi connectivity index (χ3v) is 5.59. The van der Waals surface area contributed by atoms with E-state index in [0.717, 1.165) is 16.1 Å². The number of carbonyl (C=O) groups excluding carboxylic acids is 1. The number of hydrogen-bond donors (Lipinski definition) is 1. The third kappa shape index (κ3) is 5.57. The Morgan fingerprint density at radius 2 is 1.70 bits per heavy atom. The van der Waals surface area contributed by atoms with E-state index in [1.165, 1.54) is 0 Å². The van der Waals surface area contributed by atoms with E-state index < -0.39 is 22.0 Å². The molecule has 0 bridgehead atoms. The van der Waals surface area contributed by atoms with E-state index in [1.807, 2.05) is 36.4 Å². The molecule has 0 radical (unpaired) electrons. The van der Waals surface area contributed by atoms with E-state index in [2.05, 4.69) is 10.3 Å². The lowest BCUT2D eigenvalue weighted by Crippen LogP contribution is -2.47. The molecule has 0 fully saturated rings. The largest absolute Gasteiger partial charge is 0.457 e. The van der Waals surface area contributed by atoms with Gasteiger partial charge in [-0.1, -0.05) is 24.3 Å². The number of rotatable bonds is 8. The Morgan fingerprint density at radius 1 is 1.03 bits per heavy atom. The number of sulfonamides is 1. The molecule has 1 N–H and O–H groups in total. The first-order valence-electron chi connectivity index (χ1n) is 9.33. The van der Waals surface area contributed by atoms with E-state index in [0.29, 0.717) is 17.2 Å². The molecule has 156 valence electrons. The molecular weight excluding hydrogens is 402 g/mol. The zero-order valence-corrected chi connectivity index (χ0v) is 17.5. The summed E-state index contributed by atoms with van der Waals surface area (Å²) in [7, 11) is -3.70. The molecule has 2 aromatic carbocycles. The molecule has 0 saturated heterocycles. The number of nitrogens with zero attached hydrogens (tertiary/aromatic N) is 2. The molecule has 1 aromatic heterocycles. The number of hydrogen-bond acceptors (Lipinski definition) is 5. The van der Waals surface area contributed by atoms with Crippen LogP contribution in [0.3, 0.4) is 0 Å². The van der Waals surface area contributed by atoms with E-state index >= 15 is 0 Å². The van der Waals surface area contributed by atoms with Crippen molar-refractivity contribution in [1.82, 2.24) is 10.3 Å². The zero-order chi connectivity index (χ0) is 21.6. The molecule has 30 heavy (non-hydrogen) atoms. The predicted molar refractivity (Wildman–Crippen MR) is 116 cm³/mol. The van der Waals surface area contributed by atoms with E-state index in [9.17, 15) is 13.2 Å². The zero-order valence-electron chi connectivity index (χ0n) is 16.7. The Kier molecular flexibility index (Phi) is 6.68. The summed E-state index contributed by atoms with van der Waals surface area (Å²) < 4.78 is 31.7. The number of benzene rings is 2. The number of anilines is 1. The lowest BCUT2D eigenvalue weighted by atomic mass is 10.2. The molecule has 7 nitrogen and oxygen atoms in total. The van der Waals surface area contributed by atoms with Crippen LogP contribution in [0.25, 0.3) is 0 Å². The highest BCUT2D eigenvalue weighted by atomic mass is 32.2. The fourth-order valence-corrected chi connectivity index (χ4v) is 4.11. The van der Waals surface area contributed by atoms with Gasteiger partial charge in [0, 0.05) is 18.9 Å². The smallest absolute Gasteiger partial charge is 0.243 e. The number of para-hydroxylation sites is 1. The van der Waals surface area contributed by atoms with Crippen LogP contribution in [0.1, 0.15) is 12.5 Å². The van der Waals surface area contributed by atoms with E-state index in [1.54, 1.807) is 49.6 Å². The molecule has 0 spiro atoms. The minimum absolute atomic E-state index is 0.262. The summed E-state index contributed by atoms with van der Waals surface area (Å²) in [6.07, 6.45) is 4.36. The summed E-state index contributed by atoms with van der Waals surface area (Å²) in [6.45, 7) is 1.81. The van der Waals surface area contributed by atoms with Gasteiger partial charge >= 0.3 is 0 Å². The van der Waals surface area contributed by atoms with Crippen molar-refractivity contribution in [1.29, 1.82) is 0 Å². The highest BCUT2D eigenvalue weighted by Gasteiger charge is 2.29. The number of ether oxygens (including phenoxy) is 1. The maximum atomic E-state index is 12.6. The van der Waals surface area contributed by atoms with Crippen molar-refractivity contribution < 1.29 is 17.9 Å². The van der Waals surface area contributed by atoms with Gasteiger partial charge in [-0.15, -0.1) is 0 Å². The summed E-state index contributed by atoms with van der Waals surface area (Å²) in [4.78, 5) is 16.6. The van der Waals surface area contributed by atoms with Crippen molar-refractivity contribution in [2.75, 3.05) is 10.6 Å². The minimum Gasteiger partial charge on any atom is -0.457 e. The summed E-state index contributed by atoms with van der Waals surface area (Å²) in [5.41, 5.74) is 1.20. The highest BCUT2D eigenvalue weighted by molar-refractivity contribution is 7.92. The van der Waals surface area contributed by atoms with Crippen LogP contribution < -0.4 is 14.4 Å². The van der Waals surface area contributed by atoms with Gasteiger partial charge in [0.2, 0.25) is 15.9 Å². The lowest BCUT2D eigenvalue weighted by molar-refractivity contribution is -0.122. The summed E-state index contributed by atoms with van der Waals surface area (Å²) in [5.74, 6) is 0.828. The molecule has 0 aliphatic carbocycles. The molecular formula is C22H23N3O4S. The van der Waals surface area contributed by atoms with Crippen molar-refractivity contribution in [3.8, 4) is 11.5 Å². The lowest BCUT2D eigenvalue weighted by Gasteiger charge is -2.28. The van der Waals surface area contributed by atoms with Crippen molar-refractivity contribution in [2.45, 2.75) is 19.5 Å². The molecule has 8 heteroatoms. The first kappa shape index (κ1) is 21.3. The molecule has 1 heterocycles. The second kappa shape index (κ2) is 9.41. The van der Waals surface area contributed by atoms with Gasteiger partial charge in [-0.25, -0.2) is 8.42 Å². The van der Waals surface area contributed by atoms with Gasteiger partial charge in [0.15, 0.2) is 0 Å². The van der Waals surface area contributed by atoms with Crippen LogP contribution in [-0.2, 0) is 21.4 Å². The molecule has 0 aliphatic rings. The van der Waals surface area contributed by atoms with Gasteiger partial charge in [0.05, 0.1) is 11.9 Å².